The van der Waals surface area contributed by atoms with Gasteiger partial charge in [0.15, 0.2) is 5.13 Å². The normalized spacial score (nSPS) is 22.7. The summed E-state index contributed by atoms with van der Waals surface area (Å²) in [4.78, 5) is 23.2. The van der Waals surface area contributed by atoms with E-state index in [-0.39, 0.29) is 5.91 Å². The van der Waals surface area contributed by atoms with Gasteiger partial charge in [0.25, 0.3) is 5.91 Å². The highest BCUT2D eigenvalue weighted by Gasteiger charge is 2.37. The molecule has 3 saturated heterocycles. The lowest BCUT2D eigenvalue weighted by Crippen LogP contribution is -2.43. The average Bonchev–Trinajstić information content (AvgIpc) is 2.83. The number of anilines is 1. The van der Waals surface area contributed by atoms with E-state index in [1.807, 2.05) is 13.8 Å². The number of fused-ring (bicyclic) bond motifs is 4. The van der Waals surface area contributed by atoms with Crippen molar-refractivity contribution in [3.8, 4) is 0 Å². The molecule has 0 spiro atoms. The number of carbonyl (C=O) groups is 1. The number of rotatable bonds is 5. The number of nitrogens with zero attached hydrogens (tertiary/aromatic N) is 3. The minimum atomic E-state index is 0.160. The summed E-state index contributed by atoms with van der Waals surface area (Å²) in [6.45, 7) is 8.58. The van der Waals surface area contributed by atoms with E-state index >= 15 is 0 Å². The zero-order valence-corrected chi connectivity index (χ0v) is 17.0. The van der Waals surface area contributed by atoms with Crippen LogP contribution in [0.2, 0.25) is 0 Å². The van der Waals surface area contributed by atoms with Crippen LogP contribution in [0.1, 0.15) is 40.7 Å². The summed E-state index contributed by atoms with van der Waals surface area (Å²) in [6.07, 6.45) is 2.41. The van der Waals surface area contributed by atoms with Crippen molar-refractivity contribution in [2.24, 2.45) is 5.92 Å². The summed E-state index contributed by atoms with van der Waals surface area (Å²) in [6, 6.07) is 11.1. The van der Waals surface area contributed by atoms with E-state index in [2.05, 4.69) is 50.4 Å². The van der Waals surface area contributed by atoms with Crippen molar-refractivity contribution in [1.82, 2.24) is 14.8 Å². The molecule has 2 aromatic rings. The Morgan fingerprint density at radius 2 is 2.04 bits per heavy atom. The molecule has 0 aliphatic carbocycles. The van der Waals surface area contributed by atoms with Gasteiger partial charge in [0.1, 0.15) is 4.88 Å². The summed E-state index contributed by atoms with van der Waals surface area (Å²) >= 11 is 1.49. The first kappa shape index (κ1) is 18.4. The lowest BCUT2D eigenvalue weighted by Gasteiger charge is -2.36. The van der Waals surface area contributed by atoms with Gasteiger partial charge in [-0.05, 0) is 38.2 Å². The zero-order chi connectivity index (χ0) is 18.8. The molecule has 2 bridgehead atoms. The molecule has 1 aromatic heterocycles. The Morgan fingerprint density at radius 1 is 1.22 bits per heavy atom. The fourth-order valence-corrected chi connectivity index (χ4v) is 5.32. The van der Waals surface area contributed by atoms with Gasteiger partial charge in [0, 0.05) is 38.8 Å². The van der Waals surface area contributed by atoms with E-state index in [9.17, 15) is 4.79 Å². The maximum atomic E-state index is 13.2. The molecule has 1 aromatic carbocycles. The topological polar surface area (TPSA) is 48.5 Å². The van der Waals surface area contributed by atoms with E-state index in [0.29, 0.717) is 12.0 Å². The van der Waals surface area contributed by atoms with Crippen LogP contribution in [0.4, 0.5) is 5.13 Å². The first-order valence-electron chi connectivity index (χ1n) is 9.92. The largest absolute Gasteiger partial charge is 0.362 e. The molecule has 0 saturated carbocycles. The van der Waals surface area contributed by atoms with Gasteiger partial charge in [0.2, 0.25) is 0 Å². The Labute approximate surface area is 165 Å². The van der Waals surface area contributed by atoms with Crippen molar-refractivity contribution >= 4 is 22.4 Å². The number of hydrogen-bond acceptors (Lipinski definition) is 5. The highest BCUT2D eigenvalue weighted by Crippen LogP contribution is 2.31. The molecule has 3 aliphatic heterocycles. The van der Waals surface area contributed by atoms with Crippen molar-refractivity contribution in [2.45, 2.75) is 39.3 Å². The Hall–Kier alpha value is -1.92. The average molecular weight is 385 g/mol. The quantitative estimate of drug-likeness (QED) is 0.855. The van der Waals surface area contributed by atoms with Crippen LogP contribution in [0.5, 0.6) is 0 Å². The molecule has 2 atom stereocenters. The molecule has 144 valence electrons. The van der Waals surface area contributed by atoms with Crippen molar-refractivity contribution < 1.29 is 4.79 Å². The summed E-state index contributed by atoms with van der Waals surface area (Å²) in [5, 5.41) is 4.08. The van der Waals surface area contributed by atoms with Crippen LogP contribution in [0, 0.1) is 12.8 Å². The number of hydrogen-bond donors (Lipinski definition) is 1. The molecular formula is C21H28N4OS. The van der Waals surface area contributed by atoms with Crippen LogP contribution in [0.25, 0.3) is 0 Å². The molecule has 1 amide bonds. The number of nitrogens with one attached hydrogen (secondary N) is 1. The van der Waals surface area contributed by atoms with Gasteiger partial charge in [-0.3, -0.25) is 9.69 Å². The molecule has 6 heteroatoms. The fraction of sp³-hybridized carbons (Fsp3) is 0.524. The Kier molecular flexibility index (Phi) is 5.45. The van der Waals surface area contributed by atoms with E-state index in [1.54, 1.807) is 0 Å². The van der Waals surface area contributed by atoms with Crippen molar-refractivity contribution in [2.75, 3.05) is 31.5 Å². The van der Waals surface area contributed by atoms with Crippen LogP contribution in [-0.2, 0) is 6.54 Å². The standard InChI is InChI=1S/C21H28N4OS/c1-3-22-21-23-15(2)19(27-21)20(26)25-13-17-9-10-18(14-25)24(12-17)11-16-7-5-4-6-8-16/h4-8,17-18H,3,9-14H2,1-2H3,(H,22,23)/t17-,18-/m1/s1. The van der Waals surface area contributed by atoms with E-state index in [1.165, 1.54) is 29.7 Å². The number of aromatic nitrogens is 1. The van der Waals surface area contributed by atoms with Crippen LogP contribution in [-0.4, -0.2) is 52.9 Å². The van der Waals surface area contributed by atoms with Crippen LogP contribution in [0.3, 0.4) is 0 Å². The van der Waals surface area contributed by atoms with Crippen molar-refractivity contribution in [1.29, 1.82) is 0 Å². The van der Waals surface area contributed by atoms with Gasteiger partial charge >= 0.3 is 0 Å². The lowest BCUT2D eigenvalue weighted by atomic mass is 9.94. The molecule has 3 fully saturated rings. The number of benzene rings is 1. The van der Waals surface area contributed by atoms with E-state index in [4.69, 9.17) is 0 Å². The number of piperidine rings is 1. The summed E-state index contributed by atoms with van der Waals surface area (Å²) in [5.74, 6) is 0.727. The van der Waals surface area contributed by atoms with E-state index in [0.717, 1.165) is 48.4 Å². The van der Waals surface area contributed by atoms with Crippen LogP contribution >= 0.6 is 11.3 Å². The smallest absolute Gasteiger partial charge is 0.265 e. The Morgan fingerprint density at radius 3 is 2.81 bits per heavy atom. The third-order valence-electron chi connectivity index (χ3n) is 5.66. The Bertz CT molecular complexity index is 791. The fourth-order valence-electron chi connectivity index (χ4n) is 4.32. The van der Waals surface area contributed by atoms with Gasteiger partial charge < -0.3 is 10.2 Å². The maximum absolute atomic E-state index is 13.2. The zero-order valence-electron chi connectivity index (χ0n) is 16.1. The van der Waals surface area contributed by atoms with Crippen LogP contribution < -0.4 is 5.32 Å². The second-order valence-corrected chi connectivity index (χ2v) is 8.69. The van der Waals surface area contributed by atoms with Gasteiger partial charge in [-0.15, -0.1) is 0 Å². The number of amides is 1. The van der Waals surface area contributed by atoms with E-state index < -0.39 is 0 Å². The highest BCUT2D eigenvalue weighted by molar-refractivity contribution is 7.17. The molecule has 27 heavy (non-hydrogen) atoms. The van der Waals surface area contributed by atoms with Gasteiger partial charge in [-0.2, -0.15) is 0 Å². The van der Waals surface area contributed by atoms with Crippen molar-refractivity contribution in [3.63, 3.8) is 0 Å². The van der Waals surface area contributed by atoms with Gasteiger partial charge in [-0.1, -0.05) is 41.7 Å². The third kappa shape index (κ3) is 4.01. The first-order valence-corrected chi connectivity index (χ1v) is 10.7. The second kappa shape index (κ2) is 7.98. The third-order valence-corrected chi connectivity index (χ3v) is 6.76. The Balaban J connectivity index is 1.49. The lowest BCUT2D eigenvalue weighted by molar-refractivity contribution is 0.0740. The predicted molar refractivity (Wildman–Crippen MR) is 110 cm³/mol. The predicted octanol–water partition coefficient (Wildman–Crippen LogP) is 3.62. The SMILES string of the molecule is CCNc1nc(C)c(C(=O)N2C[C@@H]3CC[C@H](C2)N(Cc2ccccc2)C3)s1. The minimum absolute atomic E-state index is 0.160. The molecule has 5 rings (SSSR count). The number of thiazole rings is 1. The summed E-state index contributed by atoms with van der Waals surface area (Å²) < 4.78 is 0. The molecule has 3 aliphatic rings. The van der Waals surface area contributed by atoms with Gasteiger partial charge in [-0.25, -0.2) is 4.98 Å². The summed E-state index contributed by atoms with van der Waals surface area (Å²) in [7, 11) is 0. The number of carbonyl (C=O) groups excluding carboxylic acids is 1. The highest BCUT2D eigenvalue weighted by atomic mass is 32.1. The van der Waals surface area contributed by atoms with Crippen LogP contribution in [0.15, 0.2) is 30.3 Å². The van der Waals surface area contributed by atoms with Gasteiger partial charge in [0.05, 0.1) is 5.69 Å². The summed E-state index contributed by atoms with van der Waals surface area (Å²) in [5.41, 5.74) is 2.20. The molecule has 0 radical (unpaired) electrons. The van der Waals surface area contributed by atoms with Crippen molar-refractivity contribution in [3.05, 3.63) is 46.5 Å². The molecule has 1 N–H and O–H groups in total. The molecule has 5 nitrogen and oxygen atoms in total. The number of aryl methyl sites for hydroxylation is 1. The molecule has 0 unspecified atom stereocenters. The maximum Gasteiger partial charge on any atom is 0.265 e. The minimum Gasteiger partial charge on any atom is -0.362 e. The molecular weight excluding hydrogens is 356 g/mol. The molecule has 4 heterocycles. The second-order valence-electron chi connectivity index (χ2n) is 7.69. The monoisotopic (exact) mass is 384 g/mol. The first-order chi connectivity index (χ1) is 13.1.